The van der Waals surface area contributed by atoms with Crippen LogP contribution < -0.4 is 0 Å². The minimum atomic E-state index is -0.403. The van der Waals surface area contributed by atoms with E-state index < -0.39 is 5.54 Å². The van der Waals surface area contributed by atoms with Gasteiger partial charge in [0.05, 0.1) is 5.54 Å². The van der Waals surface area contributed by atoms with E-state index in [2.05, 4.69) is 25.8 Å². The van der Waals surface area contributed by atoms with Crippen LogP contribution in [0.15, 0.2) is 17.1 Å². The Morgan fingerprint density at radius 2 is 1.95 bits per heavy atom. The zero-order valence-electron chi connectivity index (χ0n) is 12.1. The third kappa shape index (κ3) is 2.31. The van der Waals surface area contributed by atoms with Crippen LogP contribution in [0.3, 0.4) is 0 Å². The molecule has 1 saturated carbocycles. The fourth-order valence-corrected chi connectivity index (χ4v) is 2.68. The molecule has 3 nitrogen and oxygen atoms in total. The smallest absolute Gasteiger partial charge is 0.235 e. The van der Waals surface area contributed by atoms with Crippen molar-refractivity contribution in [2.75, 3.05) is 0 Å². The lowest BCUT2D eigenvalue weighted by Gasteiger charge is -2.38. The summed E-state index contributed by atoms with van der Waals surface area (Å²) in [5.41, 5.74) is 2.24. The number of rotatable bonds is 2. The summed E-state index contributed by atoms with van der Waals surface area (Å²) in [4.78, 5) is 14.7. The number of aryl methyl sites for hydroxylation is 1. The fourth-order valence-electron chi connectivity index (χ4n) is 2.68. The Kier molecular flexibility index (Phi) is 3.27. The first-order chi connectivity index (χ1) is 8.80. The first-order valence-corrected chi connectivity index (χ1v) is 6.74. The van der Waals surface area contributed by atoms with E-state index in [4.69, 9.17) is 0 Å². The van der Waals surface area contributed by atoms with Crippen LogP contribution in [0, 0.1) is 6.92 Å². The van der Waals surface area contributed by atoms with Gasteiger partial charge >= 0.3 is 0 Å². The molecule has 1 fully saturated rings. The van der Waals surface area contributed by atoms with Gasteiger partial charge in [-0.3, -0.25) is 0 Å². The maximum atomic E-state index is 10.7. The lowest BCUT2D eigenvalue weighted by atomic mass is 9.70. The van der Waals surface area contributed by atoms with Gasteiger partial charge in [-0.15, -0.1) is 0 Å². The first kappa shape index (κ1) is 13.8. The molecule has 1 N–H and O–H groups in total. The van der Waals surface area contributed by atoms with Crippen molar-refractivity contribution in [2.24, 2.45) is 4.99 Å². The van der Waals surface area contributed by atoms with Crippen molar-refractivity contribution in [1.29, 1.82) is 0 Å². The van der Waals surface area contributed by atoms with Crippen molar-refractivity contribution in [3.05, 3.63) is 28.8 Å². The minimum Gasteiger partial charge on any atom is -0.507 e. The topological polar surface area (TPSA) is 49.7 Å². The average molecular weight is 259 g/mol. The number of hydrogen-bond donors (Lipinski definition) is 1. The number of isocyanates is 1. The molecule has 1 aromatic rings. The van der Waals surface area contributed by atoms with Crippen LogP contribution in [0.4, 0.5) is 0 Å². The third-order valence-electron chi connectivity index (χ3n) is 4.09. The van der Waals surface area contributed by atoms with E-state index in [1.165, 1.54) is 0 Å². The summed E-state index contributed by atoms with van der Waals surface area (Å²) in [6, 6.07) is 3.95. The van der Waals surface area contributed by atoms with E-state index in [1.807, 2.05) is 19.1 Å². The number of carbonyl (C=O) groups excluding carboxylic acids is 1. The maximum Gasteiger partial charge on any atom is 0.235 e. The highest BCUT2D eigenvalue weighted by molar-refractivity contribution is 5.50. The van der Waals surface area contributed by atoms with Gasteiger partial charge in [0.1, 0.15) is 5.75 Å². The molecule has 1 aromatic carbocycles. The molecule has 0 amide bonds. The number of hydrogen-bond acceptors (Lipinski definition) is 3. The van der Waals surface area contributed by atoms with E-state index in [1.54, 1.807) is 6.08 Å². The van der Waals surface area contributed by atoms with Crippen molar-refractivity contribution < 1.29 is 9.90 Å². The van der Waals surface area contributed by atoms with Crippen molar-refractivity contribution in [1.82, 2.24) is 0 Å². The van der Waals surface area contributed by atoms with E-state index in [0.29, 0.717) is 5.75 Å². The van der Waals surface area contributed by atoms with Crippen LogP contribution in [-0.4, -0.2) is 11.2 Å². The second-order valence-electron chi connectivity index (χ2n) is 6.53. The molecule has 1 aliphatic carbocycles. The molecule has 0 heterocycles. The van der Waals surface area contributed by atoms with Gasteiger partial charge in [-0.05, 0) is 60.4 Å². The summed E-state index contributed by atoms with van der Waals surface area (Å²) in [6.45, 7) is 8.11. The highest BCUT2D eigenvalue weighted by Crippen LogP contribution is 2.47. The molecule has 0 atom stereocenters. The summed E-state index contributed by atoms with van der Waals surface area (Å²) in [7, 11) is 0. The van der Waals surface area contributed by atoms with Crippen molar-refractivity contribution >= 4 is 6.08 Å². The molecule has 0 saturated heterocycles. The van der Waals surface area contributed by atoms with Gasteiger partial charge in [0.25, 0.3) is 0 Å². The third-order valence-corrected chi connectivity index (χ3v) is 4.09. The van der Waals surface area contributed by atoms with E-state index in [0.717, 1.165) is 36.0 Å². The van der Waals surface area contributed by atoms with Crippen LogP contribution in [-0.2, 0) is 15.7 Å². The van der Waals surface area contributed by atoms with Crippen LogP contribution in [0.25, 0.3) is 0 Å². The van der Waals surface area contributed by atoms with E-state index >= 15 is 0 Å². The lowest BCUT2D eigenvalue weighted by molar-refractivity contribution is 0.255. The van der Waals surface area contributed by atoms with Gasteiger partial charge in [0.2, 0.25) is 6.08 Å². The van der Waals surface area contributed by atoms with Crippen molar-refractivity contribution in [3.63, 3.8) is 0 Å². The average Bonchev–Trinajstić information content (AvgIpc) is 2.25. The van der Waals surface area contributed by atoms with Crippen LogP contribution >= 0.6 is 0 Å². The Morgan fingerprint density at radius 1 is 1.32 bits per heavy atom. The number of aromatic hydroxyl groups is 1. The number of benzene rings is 1. The molecule has 3 heteroatoms. The van der Waals surface area contributed by atoms with Gasteiger partial charge in [0, 0.05) is 0 Å². The van der Waals surface area contributed by atoms with Gasteiger partial charge in [-0.25, -0.2) is 4.79 Å². The molecule has 0 spiro atoms. The molecule has 0 aromatic heterocycles. The Labute approximate surface area is 114 Å². The Morgan fingerprint density at radius 3 is 2.37 bits per heavy atom. The first-order valence-electron chi connectivity index (χ1n) is 6.74. The zero-order valence-corrected chi connectivity index (χ0v) is 12.1. The van der Waals surface area contributed by atoms with Crippen LogP contribution in [0.5, 0.6) is 5.75 Å². The number of nitrogens with zero attached hydrogens (tertiary/aromatic N) is 1. The van der Waals surface area contributed by atoms with Gasteiger partial charge in [-0.2, -0.15) is 4.99 Å². The number of aliphatic imine (C=N–C) groups is 1. The van der Waals surface area contributed by atoms with E-state index in [-0.39, 0.29) is 5.41 Å². The summed E-state index contributed by atoms with van der Waals surface area (Å²) < 4.78 is 0. The minimum absolute atomic E-state index is 0.138. The molecule has 1 aliphatic rings. The maximum absolute atomic E-state index is 10.7. The Balaban J connectivity index is 2.60. The summed E-state index contributed by atoms with van der Waals surface area (Å²) in [5.74, 6) is 0.348. The lowest BCUT2D eigenvalue weighted by Crippen LogP contribution is -2.32. The molecular weight excluding hydrogens is 238 g/mol. The molecule has 0 unspecified atom stereocenters. The number of phenols is 1. The molecule has 19 heavy (non-hydrogen) atoms. The highest BCUT2D eigenvalue weighted by Gasteiger charge is 2.40. The molecular formula is C16H21NO2. The molecule has 102 valence electrons. The van der Waals surface area contributed by atoms with Crippen LogP contribution in [0.2, 0.25) is 0 Å². The zero-order chi connectivity index (χ0) is 14.3. The molecule has 0 radical (unpaired) electrons. The van der Waals surface area contributed by atoms with Crippen molar-refractivity contribution in [3.8, 4) is 5.75 Å². The van der Waals surface area contributed by atoms with Gasteiger partial charge in [0.15, 0.2) is 0 Å². The SMILES string of the molecule is Cc1cc(C2(N=C=O)CCC2)cc(C(C)(C)C)c1O. The Bertz CT molecular complexity index is 545. The second-order valence-corrected chi connectivity index (χ2v) is 6.53. The standard InChI is InChI=1S/C16H21NO2/c1-11-8-12(16(17-10-18)6-5-7-16)9-13(14(11)19)15(2,3)4/h8-9,19H,5-7H2,1-4H3. The van der Waals surface area contributed by atoms with Gasteiger partial charge < -0.3 is 5.11 Å². The number of phenolic OH excluding ortho intramolecular Hbond substituents is 1. The predicted octanol–water partition coefficient (Wildman–Crippen LogP) is 3.71. The van der Waals surface area contributed by atoms with Crippen LogP contribution in [0.1, 0.15) is 56.7 Å². The largest absolute Gasteiger partial charge is 0.507 e. The fraction of sp³-hybridized carbons (Fsp3) is 0.562. The summed E-state index contributed by atoms with van der Waals surface area (Å²) in [5, 5.41) is 10.2. The molecule has 0 bridgehead atoms. The summed E-state index contributed by atoms with van der Waals surface area (Å²) >= 11 is 0. The predicted molar refractivity (Wildman–Crippen MR) is 75.2 cm³/mol. The Hall–Kier alpha value is -1.60. The normalized spacial score (nSPS) is 17.5. The second kappa shape index (κ2) is 4.50. The van der Waals surface area contributed by atoms with Gasteiger partial charge in [-0.1, -0.05) is 20.8 Å². The monoisotopic (exact) mass is 259 g/mol. The molecule has 0 aliphatic heterocycles. The summed E-state index contributed by atoms with van der Waals surface area (Å²) in [6.07, 6.45) is 4.56. The highest BCUT2D eigenvalue weighted by atomic mass is 16.3. The molecule has 2 rings (SSSR count). The quantitative estimate of drug-likeness (QED) is 0.650. The van der Waals surface area contributed by atoms with Crippen molar-refractivity contribution in [2.45, 2.75) is 57.9 Å². The van der Waals surface area contributed by atoms with E-state index in [9.17, 15) is 9.90 Å².